The van der Waals surface area contributed by atoms with Gasteiger partial charge in [0.05, 0.1) is 31.2 Å². The van der Waals surface area contributed by atoms with Crippen molar-refractivity contribution in [3.63, 3.8) is 0 Å². The average molecular weight is 286 g/mol. The maximum absolute atomic E-state index is 12.5. The van der Waals surface area contributed by atoms with E-state index in [9.17, 15) is 4.79 Å². The van der Waals surface area contributed by atoms with Crippen LogP contribution < -0.4 is 5.73 Å². The van der Waals surface area contributed by atoms with E-state index in [1.807, 2.05) is 36.4 Å². The number of nitrogens with two attached hydrogens (primary N) is 1. The van der Waals surface area contributed by atoms with Crippen LogP contribution in [0, 0.1) is 6.42 Å². The molecule has 0 amide bonds. The van der Waals surface area contributed by atoms with Crippen LogP contribution in [-0.2, 0) is 20.7 Å². The number of ether oxygens (including phenoxy) is 2. The summed E-state index contributed by atoms with van der Waals surface area (Å²) in [4.78, 5) is 12.5. The van der Waals surface area contributed by atoms with Crippen molar-refractivity contribution in [2.45, 2.75) is 18.6 Å². The molecule has 0 fully saturated rings. The molecule has 0 bridgehead atoms. The predicted molar refractivity (Wildman–Crippen MR) is 81.4 cm³/mol. The first-order chi connectivity index (χ1) is 10.2. The lowest BCUT2D eigenvalue weighted by molar-refractivity contribution is -0.116. The number of Topliss-reactive ketones (excluding diaryl/α,β-unsaturated/α-hetero) is 1. The molecule has 0 saturated carbocycles. The van der Waals surface area contributed by atoms with Gasteiger partial charge in [0.2, 0.25) is 0 Å². The molecule has 0 aliphatic heterocycles. The number of allylic oxidation sites excluding steroid dienone is 1. The van der Waals surface area contributed by atoms with E-state index >= 15 is 0 Å². The van der Waals surface area contributed by atoms with E-state index in [0.29, 0.717) is 17.8 Å². The van der Waals surface area contributed by atoms with Crippen LogP contribution in [-0.4, -0.2) is 32.1 Å². The first kappa shape index (κ1) is 15.5. The van der Waals surface area contributed by atoms with E-state index in [-0.39, 0.29) is 11.9 Å². The van der Waals surface area contributed by atoms with Crippen molar-refractivity contribution < 1.29 is 14.3 Å². The molecular weight excluding hydrogens is 266 g/mol. The Morgan fingerprint density at radius 3 is 2.62 bits per heavy atom. The zero-order valence-electron chi connectivity index (χ0n) is 12.3. The summed E-state index contributed by atoms with van der Waals surface area (Å²) in [6.45, 7) is 0. The Balaban J connectivity index is 2.11. The fourth-order valence-electron chi connectivity index (χ4n) is 2.26. The van der Waals surface area contributed by atoms with Crippen LogP contribution >= 0.6 is 0 Å². The maximum Gasteiger partial charge on any atom is 0.183 e. The van der Waals surface area contributed by atoms with Gasteiger partial charge in [-0.25, -0.2) is 0 Å². The van der Waals surface area contributed by atoms with E-state index in [4.69, 9.17) is 15.2 Å². The normalized spacial score (nSPS) is 19.5. The molecule has 4 nitrogen and oxygen atoms in total. The zero-order chi connectivity index (χ0) is 15.2. The van der Waals surface area contributed by atoms with E-state index in [1.54, 1.807) is 19.6 Å². The van der Waals surface area contributed by atoms with Crippen molar-refractivity contribution in [2.75, 3.05) is 14.2 Å². The van der Waals surface area contributed by atoms with Crippen molar-refractivity contribution in [1.29, 1.82) is 0 Å². The Hall–Kier alpha value is -1.91. The second kappa shape index (κ2) is 7.20. The molecule has 4 heteroatoms. The van der Waals surface area contributed by atoms with Gasteiger partial charge in [0.15, 0.2) is 5.78 Å². The van der Waals surface area contributed by atoms with E-state index in [0.717, 1.165) is 5.56 Å². The van der Waals surface area contributed by atoms with Gasteiger partial charge in [0, 0.05) is 7.11 Å². The maximum atomic E-state index is 12.5. The molecule has 1 aromatic rings. The number of carbonyl (C=O) groups excluding carboxylic acids is 1. The second-order valence-corrected chi connectivity index (χ2v) is 4.87. The predicted octanol–water partition coefficient (Wildman–Crippen LogP) is 1.82. The molecule has 1 aliphatic carbocycles. The number of benzene rings is 1. The first-order valence-electron chi connectivity index (χ1n) is 6.83. The van der Waals surface area contributed by atoms with Gasteiger partial charge in [-0.3, -0.25) is 4.79 Å². The number of methoxy groups -OCH3 is 2. The van der Waals surface area contributed by atoms with Gasteiger partial charge in [-0.2, -0.15) is 0 Å². The molecule has 1 aromatic carbocycles. The van der Waals surface area contributed by atoms with E-state index < -0.39 is 6.04 Å². The molecule has 1 radical (unpaired) electrons. The van der Waals surface area contributed by atoms with Gasteiger partial charge in [-0.15, -0.1) is 0 Å². The molecule has 21 heavy (non-hydrogen) atoms. The minimum absolute atomic E-state index is 0.127. The fourth-order valence-corrected chi connectivity index (χ4v) is 2.26. The number of rotatable bonds is 6. The van der Waals surface area contributed by atoms with Crippen molar-refractivity contribution in [3.05, 3.63) is 65.8 Å². The fraction of sp³-hybridized carbons (Fsp3) is 0.294. The van der Waals surface area contributed by atoms with E-state index in [1.165, 1.54) is 7.11 Å². The summed E-state index contributed by atoms with van der Waals surface area (Å²) in [5.74, 6) is 0.385. The number of ketones is 1. The molecule has 0 heterocycles. The van der Waals surface area contributed by atoms with Gasteiger partial charge in [-0.1, -0.05) is 36.4 Å². The molecule has 2 N–H and O–H groups in total. The van der Waals surface area contributed by atoms with Gasteiger partial charge in [-0.05, 0) is 18.1 Å². The Bertz CT molecular complexity index is 548. The SMILES string of the molecule is COC1=C(C(=O)[C@@H](N)Cc2ccccc2)C=CC(OC)[CH]1. The average Bonchev–Trinajstić information content (AvgIpc) is 2.54. The summed E-state index contributed by atoms with van der Waals surface area (Å²) in [5, 5.41) is 0. The first-order valence-corrected chi connectivity index (χ1v) is 6.83. The highest BCUT2D eigenvalue weighted by Crippen LogP contribution is 2.22. The Morgan fingerprint density at radius 1 is 1.29 bits per heavy atom. The Labute approximate surface area is 125 Å². The van der Waals surface area contributed by atoms with Crippen LogP contribution in [0.15, 0.2) is 53.8 Å². The highest BCUT2D eigenvalue weighted by atomic mass is 16.5. The van der Waals surface area contributed by atoms with Crippen molar-refractivity contribution in [2.24, 2.45) is 5.73 Å². The lowest BCUT2D eigenvalue weighted by atomic mass is 9.93. The third kappa shape index (κ3) is 3.80. The van der Waals surface area contributed by atoms with Crippen LogP contribution in [0.4, 0.5) is 0 Å². The number of hydrogen-bond donors (Lipinski definition) is 1. The number of hydrogen-bond acceptors (Lipinski definition) is 4. The van der Waals surface area contributed by atoms with Crippen LogP contribution in [0.25, 0.3) is 0 Å². The lowest BCUT2D eigenvalue weighted by Gasteiger charge is -2.21. The third-order valence-corrected chi connectivity index (χ3v) is 3.43. The van der Waals surface area contributed by atoms with E-state index in [2.05, 4.69) is 0 Å². The lowest BCUT2D eigenvalue weighted by Crippen LogP contribution is -2.35. The smallest absolute Gasteiger partial charge is 0.183 e. The molecule has 2 rings (SSSR count). The zero-order valence-corrected chi connectivity index (χ0v) is 12.3. The van der Waals surface area contributed by atoms with Crippen LogP contribution in [0.5, 0.6) is 0 Å². The van der Waals surface area contributed by atoms with Crippen molar-refractivity contribution in [3.8, 4) is 0 Å². The summed E-state index contributed by atoms with van der Waals surface area (Å²) in [5.41, 5.74) is 7.58. The molecule has 0 aromatic heterocycles. The molecule has 1 aliphatic rings. The van der Waals surface area contributed by atoms with Crippen LogP contribution in [0.3, 0.4) is 0 Å². The molecule has 1 unspecified atom stereocenters. The summed E-state index contributed by atoms with van der Waals surface area (Å²) >= 11 is 0. The number of carbonyl (C=O) groups is 1. The van der Waals surface area contributed by atoms with Gasteiger partial charge in [0.1, 0.15) is 5.76 Å². The summed E-state index contributed by atoms with van der Waals surface area (Å²) < 4.78 is 10.5. The standard InChI is InChI=1S/C17H20NO3/c1-20-13-8-9-14(16(11-13)21-2)17(19)15(18)10-12-6-4-3-5-7-12/h3-9,11,13,15H,10,18H2,1-2H3/t13?,15-/m0/s1. The van der Waals surface area contributed by atoms with Crippen molar-refractivity contribution >= 4 is 5.78 Å². The Morgan fingerprint density at radius 2 is 2.00 bits per heavy atom. The Kier molecular flexibility index (Phi) is 5.31. The molecule has 0 saturated heterocycles. The summed E-state index contributed by atoms with van der Waals surface area (Å²) in [6.07, 6.45) is 5.62. The molecule has 2 atom stereocenters. The quantitative estimate of drug-likeness (QED) is 0.866. The summed E-state index contributed by atoms with van der Waals surface area (Å²) in [6, 6.07) is 9.13. The van der Waals surface area contributed by atoms with Crippen LogP contribution in [0.1, 0.15) is 5.56 Å². The minimum Gasteiger partial charge on any atom is -0.500 e. The topological polar surface area (TPSA) is 61.5 Å². The van der Waals surface area contributed by atoms with Crippen molar-refractivity contribution in [1.82, 2.24) is 0 Å². The largest absolute Gasteiger partial charge is 0.500 e. The van der Waals surface area contributed by atoms with Crippen LogP contribution in [0.2, 0.25) is 0 Å². The molecule has 111 valence electrons. The molecular formula is C17H20NO3. The van der Waals surface area contributed by atoms with Gasteiger partial charge < -0.3 is 15.2 Å². The molecule has 0 spiro atoms. The second-order valence-electron chi connectivity index (χ2n) is 4.87. The third-order valence-electron chi connectivity index (χ3n) is 3.43. The summed E-state index contributed by atoms with van der Waals surface area (Å²) in [7, 11) is 3.14. The highest BCUT2D eigenvalue weighted by Gasteiger charge is 2.25. The monoisotopic (exact) mass is 286 g/mol. The van der Waals surface area contributed by atoms with Gasteiger partial charge in [0.25, 0.3) is 0 Å². The minimum atomic E-state index is -0.593. The highest BCUT2D eigenvalue weighted by molar-refractivity contribution is 6.02. The van der Waals surface area contributed by atoms with Gasteiger partial charge >= 0.3 is 0 Å².